The van der Waals surface area contributed by atoms with Crippen molar-refractivity contribution in [2.45, 2.75) is 0 Å². The summed E-state index contributed by atoms with van der Waals surface area (Å²) in [6, 6.07) is 8.63. The van der Waals surface area contributed by atoms with Crippen LogP contribution in [0.4, 0.5) is 22.7 Å². The third-order valence-electron chi connectivity index (χ3n) is 3.26. The van der Waals surface area contributed by atoms with Crippen LogP contribution < -0.4 is 16.1 Å². The van der Waals surface area contributed by atoms with E-state index in [0.29, 0.717) is 6.07 Å². The first-order valence-corrected chi connectivity index (χ1v) is 7.06. The lowest BCUT2D eigenvalue weighted by Gasteiger charge is -2.26. The third-order valence-corrected chi connectivity index (χ3v) is 3.26. The highest BCUT2D eigenvalue weighted by molar-refractivity contribution is 5.65. The number of hydrogen-bond acceptors (Lipinski definition) is 10. The molecule has 0 aliphatic heterocycles. The molecule has 28 heavy (non-hydrogen) atoms. The van der Waals surface area contributed by atoms with Crippen LogP contribution in [0.1, 0.15) is 0 Å². The molecule has 0 fully saturated rings. The first-order chi connectivity index (χ1) is 13.1. The minimum atomic E-state index is -1.29. The number of nitro groups is 4. The van der Waals surface area contributed by atoms with E-state index in [2.05, 4.69) is 0 Å². The molecule has 0 spiro atoms. The van der Waals surface area contributed by atoms with Gasteiger partial charge in [0.05, 0.1) is 21.0 Å². The summed E-state index contributed by atoms with van der Waals surface area (Å²) < 4.78 is 0. The number of hydrazine groups is 5. The molecule has 2 aromatic rings. The SMILES string of the molecule is NN(c1ccc([N+](=O)[O-])cc1[N+](=O)[O-])N(N(c1ccccc1)[N+](=O)[O-])[N+](=O)[O-]. The average molecular weight is 394 g/mol. The maximum Gasteiger partial charge on any atom is 0.303 e. The maximum atomic E-state index is 11.5. The molecule has 0 unspecified atom stereocenters. The number of para-hydroxylation sites is 1. The van der Waals surface area contributed by atoms with Crippen molar-refractivity contribution < 1.29 is 19.9 Å². The van der Waals surface area contributed by atoms with E-state index in [1.54, 1.807) is 0 Å². The summed E-state index contributed by atoms with van der Waals surface area (Å²) in [5.74, 6) is 5.58. The Kier molecular flexibility index (Phi) is 5.45. The van der Waals surface area contributed by atoms with E-state index in [0.717, 1.165) is 24.3 Å². The van der Waals surface area contributed by atoms with Gasteiger partial charge < -0.3 is 0 Å². The van der Waals surface area contributed by atoms with Crippen molar-refractivity contribution in [3.63, 3.8) is 0 Å². The molecule has 0 saturated carbocycles. The van der Waals surface area contributed by atoms with Gasteiger partial charge in [0.1, 0.15) is 5.69 Å². The molecular formula is C12H10N8O8. The second-order valence-corrected chi connectivity index (χ2v) is 4.90. The number of benzene rings is 2. The summed E-state index contributed by atoms with van der Waals surface area (Å²) in [5, 5.41) is 42.1. The second kappa shape index (κ2) is 7.74. The van der Waals surface area contributed by atoms with Crippen LogP contribution in [0.25, 0.3) is 0 Å². The monoisotopic (exact) mass is 394 g/mol. The predicted molar refractivity (Wildman–Crippen MR) is 91.2 cm³/mol. The molecule has 0 aromatic heterocycles. The van der Waals surface area contributed by atoms with Crippen LogP contribution in [0, 0.1) is 40.5 Å². The summed E-state index contributed by atoms with van der Waals surface area (Å²) >= 11 is 0. The molecule has 0 bridgehead atoms. The highest BCUT2D eigenvalue weighted by atomic mass is 16.8. The summed E-state index contributed by atoms with van der Waals surface area (Å²) in [4.78, 5) is 42.9. The van der Waals surface area contributed by atoms with Gasteiger partial charge in [0.15, 0.2) is 15.9 Å². The lowest BCUT2D eigenvalue weighted by molar-refractivity contribution is -0.719. The zero-order chi connectivity index (χ0) is 21.0. The first kappa shape index (κ1) is 19.7. The number of nitrogens with zero attached hydrogens (tertiary/aromatic N) is 7. The Balaban J connectivity index is 2.61. The highest BCUT2D eigenvalue weighted by Crippen LogP contribution is 2.32. The van der Waals surface area contributed by atoms with Gasteiger partial charge in [0.2, 0.25) is 5.03 Å². The van der Waals surface area contributed by atoms with Crippen molar-refractivity contribution in [3.8, 4) is 0 Å². The van der Waals surface area contributed by atoms with Crippen molar-refractivity contribution >= 4 is 22.7 Å². The Labute approximate surface area is 154 Å². The van der Waals surface area contributed by atoms with E-state index in [4.69, 9.17) is 5.84 Å². The zero-order valence-corrected chi connectivity index (χ0v) is 13.6. The topological polar surface area (TPSA) is 208 Å². The number of non-ortho nitro benzene ring substituents is 1. The van der Waals surface area contributed by atoms with Crippen molar-refractivity contribution in [2.75, 3.05) is 10.2 Å². The van der Waals surface area contributed by atoms with Gasteiger partial charge in [-0.05, 0) is 18.2 Å². The normalized spacial score (nSPS) is 10.0. The summed E-state index contributed by atoms with van der Waals surface area (Å²) in [6.07, 6.45) is 0. The Morgan fingerprint density at radius 3 is 1.86 bits per heavy atom. The lowest BCUT2D eigenvalue weighted by atomic mass is 10.2. The van der Waals surface area contributed by atoms with Gasteiger partial charge in [0.25, 0.3) is 5.69 Å². The summed E-state index contributed by atoms with van der Waals surface area (Å²) in [6.45, 7) is 0. The molecule has 0 aliphatic carbocycles. The molecule has 16 nitrogen and oxygen atoms in total. The average Bonchev–Trinajstić information content (AvgIpc) is 2.64. The maximum absolute atomic E-state index is 11.5. The van der Waals surface area contributed by atoms with Gasteiger partial charge in [-0.2, -0.15) is 0 Å². The van der Waals surface area contributed by atoms with Gasteiger partial charge in [-0.25, -0.2) is 26.1 Å². The van der Waals surface area contributed by atoms with Crippen LogP contribution in [0.5, 0.6) is 0 Å². The molecule has 0 amide bonds. The van der Waals surface area contributed by atoms with Gasteiger partial charge in [-0.15, -0.1) is 5.12 Å². The molecule has 0 saturated heterocycles. The fourth-order valence-corrected chi connectivity index (χ4v) is 2.13. The highest BCUT2D eigenvalue weighted by Gasteiger charge is 2.42. The number of rotatable bonds is 8. The molecule has 0 heterocycles. The van der Waals surface area contributed by atoms with Crippen molar-refractivity contribution in [1.82, 2.24) is 5.23 Å². The first-order valence-electron chi connectivity index (χ1n) is 7.06. The lowest BCUT2D eigenvalue weighted by Crippen LogP contribution is -2.61. The van der Waals surface area contributed by atoms with Gasteiger partial charge in [-0.1, -0.05) is 18.2 Å². The Hall–Kier alpha value is -4.60. The van der Waals surface area contributed by atoms with E-state index in [1.165, 1.54) is 18.2 Å². The largest absolute Gasteiger partial charge is 0.303 e. The number of nitrogens with two attached hydrogens (primary N) is 1. The molecule has 0 radical (unpaired) electrons. The van der Waals surface area contributed by atoms with E-state index >= 15 is 0 Å². The van der Waals surface area contributed by atoms with Crippen LogP contribution in [-0.4, -0.2) is 25.1 Å². The minimum absolute atomic E-state index is 0.0255. The standard InChI is InChI=1S/C12H10N8O8/c13-14(11-7-6-10(16(21)22)8-12(11)17(23)24)18(20(27)28)15(19(25)26)9-4-2-1-3-5-9/h1-8H,13H2. The quantitative estimate of drug-likeness (QED) is 0.380. The number of anilines is 2. The Morgan fingerprint density at radius 1 is 0.786 bits per heavy atom. The van der Waals surface area contributed by atoms with Crippen LogP contribution in [0.3, 0.4) is 0 Å². The van der Waals surface area contributed by atoms with E-state index in [1.807, 2.05) is 0 Å². The van der Waals surface area contributed by atoms with Crippen LogP contribution in [0.15, 0.2) is 48.5 Å². The summed E-state index contributed by atoms with van der Waals surface area (Å²) in [7, 11) is 0. The zero-order valence-electron chi connectivity index (χ0n) is 13.6. The van der Waals surface area contributed by atoms with E-state index in [9.17, 15) is 40.5 Å². The second-order valence-electron chi connectivity index (χ2n) is 4.90. The van der Waals surface area contributed by atoms with Crippen molar-refractivity contribution in [1.29, 1.82) is 0 Å². The molecule has 2 N–H and O–H groups in total. The molecule has 0 atom stereocenters. The fourth-order valence-electron chi connectivity index (χ4n) is 2.13. The molecule has 146 valence electrons. The van der Waals surface area contributed by atoms with E-state index in [-0.39, 0.29) is 21.2 Å². The molecule has 16 heteroatoms. The van der Waals surface area contributed by atoms with Crippen LogP contribution >= 0.6 is 0 Å². The molecule has 2 aromatic carbocycles. The van der Waals surface area contributed by atoms with Gasteiger partial charge >= 0.3 is 5.69 Å². The van der Waals surface area contributed by atoms with Crippen LogP contribution in [0.2, 0.25) is 0 Å². The predicted octanol–water partition coefficient (Wildman–Crippen LogP) is 1.21. The smallest absolute Gasteiger partial charge is 0.258 e. The van der Waals surface area contributed by atoms with Gasteiger partial charge in [0, 0.05) is 6.07 Å². The molecule has 2 rings (SSSR count). The van der Waals surface area contributed by atoms with E-state index < -0.39 is 37.0 Å². The fraction of sp³-hybridized carbons (Fsp3) is 0. The Morgan fingerprint density at radius 2 is 1.39 bits per heavy atom. The number of hydrogen-bond donors (Lipinski definition) is 1. The molecule has 0 aliphatic rings. The van der Waals surface area contributed by atoms with Crippen molar-refractivity contribution in [3.05, 3.63) is 89.0 Å². The third kappa shape index (κ3) is 3.80. The van der Waals surface area contributed by atoms with Gasteiger partial charge in [-0.3, -0.25) is 20.2 Å². The summed E-state index contributed by atoms with van der Waals surface area (Å²) in [5.41, 5.74) is -2.63. The van der Waals surface area contributed by atoms with Crippen molar-refractivity contribution in [2.24, 2.45) is 5.84 Å². The van der Waals surface area contributed by atoms with Crippen LogP contribution in [-0.2, 0) is 0 Å². The molecular weight excluding hydrogens is 384 g/mol. The number of nitro benzene ring substituents is 2. The minimum Gasteiger partial charge on any atom is -0.258 e. The Bertz CT molecular complexity index is 938.